The summed E-state index contributed by atoms with van der Waals surface area (Å²) in [5.41, 5.74) is 1.26. The molecule has 2 aromatic rings. The Morgan fingerprint density at radius 2 is 1.81 bits per heavy atom. The zero-order valence-corrected chi connectivity index (χ0v) is 15.7. The largest absolute Gasteiger partial charge is 0.544 e. The van der Waals surface area contributed by atoms with Crippen LogP contribution in [0.2, 0.25) is 5.02 Å². The minimum Gasteiger partial charge on any atom is -0.544 e. The molecule has 1 amide bonds. The second-order valence-corrected chi connectivity index (χ2v) is 6.22. The van der Waals surface area contributed by atoms with Crippen LogP contribution in [-0.2, 0) is 9.59 Å². The van der Waals surface area contributed by atoms with Crippen molar-refractivity contribution in [3.8, 4) is 5.75 Å². The van der Waals surface area contributed by atoms with Crippen LogP contribution < -0.4 is 25.8 Å². The van der Waals surface area contributed by atoms with Crippen molar-refractivity contribution in [2.75, 3.05) is 30.8 Å². The lowest BCUT2D eigenvalue weighted by molar-refractivity contribution is -0.680. The minimum absolute atomic E-state index is 0.220. The van der Waals surface area contributed by atoms with E-state index in [1.54, 1.807) is 36.7 Å². The number of rotatable bonds is 10. The summed E-state index contributed by atoms with van der Waals surface area (Å²) in [6, 6.07) is 13.2. The number of hydrogen-bond acceptors (Lipinski definition) is 5. The van der Waals surface area contributed by atoms with Crippen LogP contribution in [0, 0.1) is 0 Å². The topological polar surface area (TPSA) is 107 Å². The number of methoxy groups -OCH3 is 1. The summed E-state index contributed by atoms with van der Waals surface area (Å²) in [5, 5.41) is 19.1. The SMILES string of the molecule is COc1ccccc1NCC[NH2+][C@@H](CC(=O)Nc1ccccc1Cl)C(=O)[O-]. The molecule has 0 aliphatic rings. The van der Waals surface area contributed by atoms with Gasteiger partial charge < -0.3 is 30.6 Å². The van der Waals surface area contributed by atoms with Crippen molar-refractivity contribution in [1.29, 1.82) is 0 Å². The van der Waals surface area contributed by atoms with Gasteiger partial charge in [0, 0.05) is 0 Å². The number of nitrogens with two attached hydrogens (primary N) is 1. The number of carboxylic acid groups (broad SMARTS) is 1. The third-order valence-electron chi connectivity index (χ3n) is 3.87. The number of hydrogen-bond donors (Lipinski definition) is 3. The molecule has 144 valence electrons. The summed E-state index contributed by atoms with van der Waals surface area (Å²) >= 11 is 5.98. The van der Waals surface area contributed by atoms with Gasteiger partial charge in [0.1, 0.15) is 11.8 Å². The summed E-state index contributed by atoms with van der Waals surface area (Å²) in [4.78, 5) is 23.4. The van der Waals surface area contributed by atoms with E-state index in [9.17, 15) is 14.7 Å². The van der Waals surface area contributed by atoms with Crippen LogP contribution in [0.4, 0.5) is 11.4 Å². The van der Waals surface area contributed by atoms with Crippen molar-refractivity contribution in [3.63, 3.8) is 0 Å². The summed E-state index contributed by atoms with van der Waals surface area (Å²) in [5.74, 6) is -1.03. The molecule has 0 heterocycles. The first kappa shape index (κ1) is 20.5. The van der Waals surface area contributed by atoms with E-state index < -0.39 is 17.9 Å². The molecular formula is C19H22ClN3O4. The predicted molar refractivity (Wildman–Crippen MR) is 102 cm³/mol. The van der Waals surface area contributed by atoms with Crippen molar-refractivity contribution in [2.24, 2.45) is 0 Å². The van der Waals surface area contributed by atoms with Gasteiger partial charge in [-0.25, -0.2) is 0 Å². The van der Waals surface area contributed by atoms with E-state index in [4.69, 9.17) is 16.3 Å². The summed E-state index contributed by atoms with van der Waals surface area (Å²) in [6.45, 7) is 0.937. The molecule has 7 nitrogen and oxygen atoms in total. The van der Waals surface area contributed by atoms with Gasteiger partial charge in [0.25, 0.3) is 0 Å². The van der Waals surface area contributed by atoms with E-state index in [-0.39, 0.29) is 6.42 Å². The molecule has 0 spiro atoms. The second kappa shape index (κ2) is 10.4. The van der Waals surface area contributed by atoms with Crippen LogP contribution in [0.25, 0.3) is 0 Å². The highest BCUT2D eigenvalue weighted by Crippen LogP contribution is 2.22. The molecule has 0 fully saturated rings. The lowest BCUT2D eigenvalue weighted by Gasteiger charge is -2.17. The van der Waals surface area contributed by atoms with Gasteiger partial charge in [-0.3, -0.25) is 4.79 Å². The fraction of sp³-hybridized carbons (Fsp3) is 0.263. The second-order valence-electron chi connectivity index (χ2n) is 5.81. The maximum Gasteiger partial charge on any atom is 0.230 e. The molecule has 0 aromatic heterocycles. The Hall–Kier alpha value is -2.77. The van der Waals surface area contributed by atoms with Crippen molar-refractivity contribution < 1.29 is 24.7 Å². The molecule has 1 atom stereocenters. The third-order valence-corrected chi connectivity index (χ3v) is 4.20. The number of carbonyl (C=O) groups excluding carboxylic acids is 2. The Bertz CT molecular complexity index is 785. The molecule has 0 bridgehead atoms. The average Bonchev–Trinajstić information content (AvgIpc) is 2.66. The summed E-state index contributed by atoms with van der Waals surface area (Å²) in [7, 11) is 1.58. The molecule has 0 radical (unpaired) electrons. The average molecular weight is 392 g/mol. The Balaban J connectivity index is 1.82. The molecule has 27 heavy (non-hydrogen) atoms. The molecule has 4 N–H and O–H groups in total. The molecule has 2 rings (SSSR count). The third kappa shape index (κ3) is 6.47. The van der Waals surface area contributed by atoms with Gasteiger partial charge in [-0.2, -0.15) is 0 Å². The fourth-order valence-electron chi connectivity index (χ4n) is 2.51. The van der Waals surface area contributed by atoms with Crippen molar-refractivity contribution in [1.82, 2.24) is 0 Å². The zero-order chi connectivity index (χ0) is 19.6. The number of aliphatic carboxylic acids is 1. The van der Waals surface area contributed by atoms with Crippen molar-refractivity contribution in [3.05, 3.63) is 53.6 Å². The number of anilines is 2. The summed E-state index contributed by atoms with van der Waals surface area (Å²) in [6.07, 6.45) is -0.220. The summed E-state index contributed by atoms with van der Waals surface area (Å²) < 4.78 is 5.24. The first-order chi connectivity index (χ1) is 13.0. The van der Waals surface area contributed by atoms with E-state index in [1.165, 1.54) is 0 Å². The standard InChI is InChI=1S/C19H22ClN3O4/c1-27-17-9-5-4-8-15(17)21-10-11-22-16(19(25)26)12-18(24)23-14-7-3-2-6-13(14)20/h2-9,16,21-22H,10-12H2,1H3,(H,23,24)(H,25,26)/t16-/m0/s1. The zero-order valence-electron chi connectivity index (χ0n) is 14.9. The number of nitrogens with one attached hydrogen (secondary N) is 2. The maximum atomic E-state index is 12.1. The number of halogens is 1. The van der Waals surface area contributed by atoms with Gasteiger partial charge in [-0.15, -0.1) is 0 Å². The first-order valence-corrected chi connectivity index (χ1v) is 8.84. The van der Waals surface area contributed by atoms with Crippen molar-refractivity contribution in [2.45, 2.75) is 12.5 Å². The van der Waals surface area contributed by atoms with Gasteiger partial charge in [0.2, 0.25) is 5.91 Å². The van der Waals surface area contributed by atoms with E-state index in [0.717, 1.165) is 5.69 Å². The number of benzene rings is 2. The number of para-hydroxylation sites is 3. The van der Waals surface area contributed by atoms with Crippen molar-refractivity contribution >= 4 is 34.9 Å². The lowest BCUT2D eigenvalue weighted by atomic mass is 10.2. The maximum absolute atomic E-state index is 12.1. The van der Waals surface area contributed by atoms with E-state index in [1.807, 2.05) is 24.3 Å². The van der Waals surface area contributed by atoms with Gasteiger partial charge in [0.05, 0.1) is 49.0 Å². The van der Waals surface area contributed by atoms with Crippen LogP contribution in [-0.4, -0.2) is 38.1 Å². The highest BCUT2D eigenvalue weighted by molar-refractivity contribution is 6.33. The molecule has 0 saturated carbocycles. The molecular weight excluding hydrogens is 370 g/mol. The van der Waals surface area contributed by atoms with Crippen LogP contribution in [0.5, 0.6) is 5.75 Å². The number of carboxylic acids is 1. The van der Waals surface area contributed by atoms with Crippen LogP contribution in [0.3, 0.4) is 0 Å². The monoisotopic (exact) mass is 391 g/mol. The minimum atomic E-state index is -1.29. The molecule has 0 unspecified atom stereocenters. The van der Waals surface area contributed by atoms with Crippen LogP contribution in [0.1, 0.15) is 6.42 Å². The van der Waals surface area contributed by atoms with Gasteiger partial charge >= 0.3 is 0 Å². The molecule has 8 heteroatoms. The smallest absolute Gasteiger partial charge is 0.230 e. The molecule has 0 aliphatic carbocycles. The van der Waals surface area contributed by atoms with Gasteiger partial charge in [-0.05, 0) is 24.3 Å². The Labute approximate surface area is 162 Å². The Morgan fingerprint density at radius 3 is 2.48 bits per heavy atom. The fourth-order valence-corrected chi connectivity index (χ4v) is 2.69. The van der Waals surface area contributed by atoms with Gasteiger partial charge in [-0.1, -0.05) is 35.9 Å². The normalized spacial score (nSPS) is 11.5. The number of carbonyl (C=O) groups is 2. The highest BCUT2D eigenvalue weighted by atomic mass is 35.5. The van der Waals surface area contributed by atoms with Crippen LogP contribution >= 0.6 is 11.6 Å². The predicted octanol–water partition coefficient (Wildman–Crippen LogP) is 0.471. The van der Waals surface area contributed by atoms with Gasteiger partial charge in [0.15, 0.2) is 0 Å². The lowest BCUT2D eigenvalue weighted by Crippen LogP contribution is -2.94. The van der Waals surface area contributed by atoms with E-state index >= 15 is 0 Å². The highest BCUT2D eigenvalue weighted by Gasteiger charge is 2.18. The Morgan fingerprint density at radius 1 is 1.15 bits per heavy atom. The number of amides is 1. The molecule has 0 saturated heterocycles. The Kier molecular flexibility index (Phi) is 7.91. The number of ether oxygens (including phenoxy) is 1. The van der Waals surface area contributed by atoms with E-state index in [2.05, 4.69) is 10.6 Å². The quantitative estimate of drug-likeness (QED) is 0.510. The molecule has 2 aromatic carbocycles. The molecule has 0 aliphatic heterocycles. The van der Waals surface area contributed by atoms with Crippen LogP contribution in [0.15, 0.2) is 48.5 Å². The number of quaternary nitrogens is 1. The first-order valence-electron chi connectivity index (χ1n) is 8.46. The van der Waals surface area contributed by atoms with E-state index in [0.29, 0.717) is 29.5 Å².